The Labute approximate surface area is 152 Å². The quantitative estimate of drug-likeness (QED) is 0.554. The van der Waals surface area contributed by atoms with Gasteiger partial charge in [-0.05, 0) is 26.8 Å². The van der Waals surface area contributed by atoms with Crippen molar-refractivity contribution in [3.8, 4) is 11.9 Å². The number of rotatable bonds is 3. The first-order chi connectivity index (χ1) is 12.9. The molecular formula is C17H18N8O2. The molecule has 0 bridgehead atoms. The predicted octanol–water partition coefficient (Wildman–Crippen LogP) is 0.865. The van der Waals surface area contributed by atoms with Gasteiger partial charge in [0.15, 0.2) is 0 Å². The van der Waals surface area contributed by atoms with E-state index in [0.717, 1.165) is 11.4 Å². The minimum absolute atomic E-state index is 0.214. The molecule has 0 aliphatic heterocycles. The first-order valence-corrected chi connectivity index (χ1v) is 8.50. The van der Waals surface area contributed by atoms with Crippen molar-refractivity contribution in [1.82, 2.24) is 39.5 Å². The maximum absolute atomic E-state index is 13.0. The highest BCUT2D eigenvalue weighted by Crippen LogP contribution is 2.14. The van der Waals surface area contributed by atoms with Crippen LogP contribution in [0.15, 0.2) is 21.7 Å². The van der Waals surface area contributed by atoms with Crippen LogP contribution in [0.1, 0.15) is 29.8 Å². The summed E-state index contributed by atoms with van der Waals surface area (Å²) in [7, 11) is 0. The van der Waals surface area contributed by atoms with E-state index in [0.29, 0.717) is 28.8 Å². The number of aromatic amines is 2. The number of aromatic nitrogens is 8. The molecule has 4 aromatic rings. The van der Waals surface area contributed by atoms with Gasteiger partial charge in [-0.2, -0.15) is 9.67 Å². The normalized spacial score (nSPS) is 11.4. The Morgan fingerprint density at radius 1 is 1.00 bits per heavy atom. The minimum Gasteiger partial charge on any atom is -0.287 e. The van der Waals surface area contributed by atoms with E-state index in [-0.39, 0.29) is 23.0 Å². The lowest BCUT2D eigenvalue weighted by molar-refractivity contribution is 0.780. The third-order valence-electron chi connectivity index (χ3n) is 4.33. The molecule has 0 unspecified atom stereocenters. The Morgan fingerprint density at radius 3 is 2.33 bits per heavy atom. The van der Waals surface area contributed by atoms with Crippen molar-refractivity contribution in [2.45, 2.75) is 34.1 Å². The largest absolute Gasteiger partial charge is 0.287 e. The van der Waals surface area contributed by atoms with E-state index in [1.165, 1.54) is 15.3 Å². The summed E-state index contributed by atoms with van der Waals surface area (Å²) < 4.78 is 2.57. The Hall–Kier alpha value is -3.56. The number of H-pyrrole nitrogens is 2. The second-order valence-corrected chi connectivity index (χ2v) is 6.33. The van der Waals surface area contributed by atoms with Crippen LogP contribution < -0.4 is 11.1 Å². The smallest absolute Gasteiger partial charge is 0.283 e. The van der Waals surface area contributed by atoms with E-state index >= 15 is 0 Å². The monoisotopic (exact) mass is 366 g/mol. The van der Waals surface area contributed by atoms with Gasteiger partial charge in [-0.1, -0.05) is 6.92 Å². The number of hydrogen-bond donors (Lipinski definition) is 2. The standard InChI is InChI=1S/C17H18N8O2/c1-5-12-20-17(22-21-12)24-10(4)14-11(7-13(24)26)23-25(15(14)27)16-18-8(2)6-9(3)19-16/h6-7,23H,5H2,1-4H3,(H,20,21,22). The van der Waals surface area contributed by atoms with Crippen LogP contribution in [-0.4, -0.2) is 39.5 Å². The number of nitrogens with zero attached hydrogens (tertiary/aromatic N) is 6. The lowest BCUT2D eigenvalue weighted by Crippen LogP contribution is -2.23. The number of aryl methyl sites for hydroxylation is 4. The molecule has 4 rings (SSSR count). The molecule has 0 radical (unpaired) electrons. The molecular weight excluding hydrogens is 348 g/mol. The molecule has 4 heterocycles. The highest BCUT2D eigenvalue weighted by Gasteiger charge is 2.19. The van der Waals surface area contributed by atoms with E-state index in [2.05, 4.69) is 30.2 Å². The van der Waals surface area contributed by atoms with Gasteiger partial charge in [-0.15, -0.1) is 5.10 Å². The summed E-state index contributed by atoms with van der Waals surface area (Å²) in [6.45, 7) is 7.27. The summed E-state index contributed by atoms with van der Waals surface area (Å²) in [5, 5.41) is 10.2. The Kier molecular flexibility index (Phi) is 3.76. The van der Waals surface area contributed by atoms with Crippen molar-refractivity contribution in [3.63, 3.8) is 0 Å². The Balaban J connectivity index is 2.00. The zero-order chi connectivity index (χ0) is 19.3. The van der Waals surface area contributed by atoms with Gasteiger partial charge in [0.25, 0.3) is 23.0 Å². The van der Waals surface area contributed by atoms with Gasteiger partial charge in [0.05, 0.1) is 10.9 Å². The van der Waals surface area contributed by atoms with Gasteiger partial charge >= 0.3 is 0 Å². The average molecular weight is 366 g/mol. The highest BCUT2D eigenvalue weighted by atomic mass is 16.1. The lowest BCUT2D eigenvalue weighted by atomic mass is 10.2. The fourth-order valence-electron chi connectivity index (χ4n) is 3.11. The molecule has 27 heavy (non-hydrogen) atoms. The summed E-state index contributed by atoms with van der Waals surface area (Å²) in [6.07, 6.45) is 0.657. The number of fused-ring (bicyclic) bond motifs is 1. The molecule has 0 amide bonds. The summed E-state index contributed by atoms with van der Waals surface area (Å²) in [5.41, 5.74) is 1.67. The first kappa shape index (κ1) is 16.9. The second-order valence-electron chi connectivity index (χ2n) is 6.33. The van der Waals surface area contributed by atoms with Crippen molar-refractivity contribution in [2.24, 2.45) is 0 Å². The fraction of sp³-hybridized carbons (Fsp3) is 0.294. The zero-order valence-electron chi connectivity index (χ0n) is 15.4. The Morgan fingerprint density at radius 2 is 1.70 bits per heavy atom. The summed E-state index contributed by atoms with van der Waals surface area (Å²) >= 11 is 0. The van der Waals surface area contributed by atoms with Crippen molar-refractivity contribution in [2.75, 3.05) is 0 Å². The predicted molar refractivity (Wildman–Crippen MR) is 98.6 cm³/mol. The molecule has 0 aliphatic carbocycles. The third-order valence-corrected chi connectivity index (χ3v) is 4.33. The van der Waals surface area contributed by atoms with Crippen LogP contribution in [-0.2, 0) is 6.42 Å². The van der Waals surface area contributed by atoms with Gasteiger partial charge in [-0.3, -0.25) is 19.8 Å². The lowest BCUT2D eigenvalue weighted by Gasteiger charge is -2.04. The van der Waals surface area contributed by atoms with E-state index < -0.39 is 0 Å². The Bertz CT molecular complexity index is 1270. The molecule has 0 saturated heterocycles. The van der Waals surface area contributed by atoms with Crippen LogP contribution in [0.2, 0.25) is 0 Å². The van der Waals surface area contributed by atoms with E-state index in [9.17, 15) is 9.59 Å². The van der Waals surface area contributed by atoms with Crippen molar-refractivity contribution in [3.05, 3.63) is 55.7 Å². The topological polar surface area (TPSA) is 127 Å². The molecule has 4 aromatic heterocycles. The number of nitrogens with one attached hydrogen (secondary N) is 2. The third kappa shape index (κ3) is 2.65. The molecule has 0 spiro atoms. The molecule has 10 nitrogen and oxygen atoms in total. The van der Waals surface area contributed by atoms with Gasteiger partial charge < -0.3 is 0 Å². The van der Waals surface area contributed by atoms with Crippen LogP contribution in [0.5, 0.6) is 0 Å². The number of hydrogen-bond acceptors (Lipinski definition) is 6. The van der Waals surface area contributed by atoms with Crippen molar-refractivity contribution >= 4 is 10.9 Å². The van der Waals surface area contributed by atoms with E-state index in [4.69, 9.17) is 0 Å². The summed E-state index contributed by atoms with van der Waals surface area (Å²) in [4.78, 5) is 38.6. The van der Waals surface area contributed by atoms with Gasteiger partial charge in [0, 0.05) is 29.6 Å². The average Bonchev–Trinajstić information content (AvgIpc) is 3.19. The summed E-state index contributed by atoms with van der Waals surface area (Å²) in [5.74, 6) is 1.11. The molecule has 0 atom stereocenters. The number of pyridine rings is 1. The van der Waals surface area contributed by atoms with Crippen LogP contribution in [0.25, 0.3) is 22.8 Å². The zero-order valence-corrected chi connectivity index (χ0v) is 15.4. The SMILES string of the molecule is CCc1nc(-n2c(C)c3c(=O)n(-c4nc(C)cc(C)n4)[nH]c3cc2=O)n[nH]1. The molecule has 138 valence electrons. The van der Waals surface area contributed by atoms with E-state index in [1.807, 2.05) is 26.8 Å². The molecule has 0 aromatic carbocycles. The molecule has 0 aliphatic rings. The molecule has 0 fully saturated rings. The maximum Gasteiger partial charge on any atom is 0.283 e. The van der Waals surface area contributed by atoms with Gasteiger partial charge in [0.1, 0.15) is 5.82 Å². The van der Waals surface area contributed by atoms with Crippen LogP contribution in [0.3, 0.4) is 0 Å². The van der Waals surface area contributed by atoms with E-state index in [1.54, 1.807) is 6.92 Å². The molecule has 10 heteroatoms. The molecule has 0 saturated carbocycles. The maximum atomic E-state index is 13.0. The van der Waals surface area contributed by atoms with Crippen LogP contribution in [0, 0.1) is 20.8 Å². The van der Waals surface area contributed by atoms with Crippen LogP contribution in [0.4, 0.5) is 0 Å². The summed E-state index contributed by atoms with van der Waals surface area (Å²) in [6, 6.07) is 3.17. The van der Waals surface area contributed by atoms with Gasteiger partial charge in [0.2, 0.25) is 0 Å². The molecule has 2 N–H and O–H groups in total. The fourth-order valence-corrected chi connectivity index (χ4v) is 3.11. The minimum atomic E-state index is -0.340. The first-order valence-electron chi connectivity index (χ1n) is 8.50. The highest BCUT2D eigenvalue weighted by molar-refractivity contribution is 5.80. The van der Waals surface area contributed by atoms with Crippen molar-refractivity contribution in [1.29, 1.82) is 0 Å². The van der Waals surface area contributed by atoms with Gasteiger partial charge in [-0.25, -0.2) is 14.5 Å². The second kappa shape index (κ2) is 6.01. The van der Waals surface area contributed by atoms with Crippen molar-refractivity contribution < 1.29 is 0 Å². The van der Waals surface area contributed by atoms with Crippen LogP contribution >= 0.6 is 0 Å².